The van der Waals surface area contributed by atoms with E-state index in [0.717, 1.165) is 43.6 Å². The van der Waals surface area contributed by atoms with Crippen molar-refractivity contribution >= 4 is 66.9 Å². The predicted octanol–water partition coefficient (Wildman–Crippen LogP) is 7.10. The molecule has 0 amide bonds. The van der Waals surface area contributed by atoms with Gasteiger partial charge in [-0.05, 0) is 48.5 Å². The molecule has 0 saturated carbocycles. The van der Waals surface area contributed by atoms with E-state index in [4.69, 9.17) is 9.97 Å². The molecule has 9 rings (SSSR count). The largest absolute Gasteiger partial charge is 0.305 e. The molecule has 0 aliphatic heterocycles. The van der Waals surface area contributed by atoms with E-state index < -0.39 is 7.14 Å². The zero-order valence-corrected chi connectivity index (χ0v) is 25.4. The fourth-order valence-corrected chi connectivity index (χ4v) is 9.01. The number of nitrogens with zero attached hydrogens (tertiary/aromatic N) is 6. The molecular formula is C38H25N6OP. The fourth-order valence-electron chi connectivity index (χ4n) is 6.57. The van der Waals surface area contributed by atoms with Gasteiger partial charge < -0.3 is 4.57 Å². The lowest BCUT2D eigenvalue weighted by Crippen LogP contribution is -2.30. The van der Waals surface area contributed by atoms with Gasteiger partial charge in [0.15, 0.2) is 0 Å². The van der Waals surface area contributed by atoms with Crippen LogP contribution in [0.2, 0.25) is 0 Å². The summed E-state index contributed by atoms with van der Waals surface area (Å²) in [6, 6.07) is 41.5. The van der Waals surface area contributed by atoms with Crippen LogP contribution in [0.3, 0.4) is 0 Å². The maximum Gasteiger partial charge on any atom is 0.206 e. The molecule has 0 N–H and O–H groups in total. The molecule has 46 heavy (non-hydrogen) atoms. The predicted molar refractivity (Wildman–Crippen MR) is 186 cm³/mol. The zero-order chi connectivity index (χ0) is 30.7. The van der Waals surface area contributed by atoms with E-state index in [1.54, 1.807) is 12.4 Å². The van der Waals surface area contributed by atoms with Gasteiger partial charge in [-0.3, -0.25) is 19.1 Å². The fraction of sp³-hybridized carbons (Fsp3) is 0. The van der Waals surface area contributed by atoms with Gasteiger partial charge in [-0.25, -0.2) is 9.97 Å². The zero-order valence-electron chi connectivity index (χ0n) is 24.5. The summed E-state index contributed by atoms with van der Waals surface area (Å²) in [5.74, 6) is 1.33. The minimum Gasteiger partial charge on any atom is -0.305 e. The summed E-state index contributed by atoms with van der Waals surface area (Å²) in [6.07, 6.45) is 7.31. The highest BCUT2D eigenvalue weighted by Gasteiger charge is 2.34. The van der Waals surface area contributed by atoms with Crippen LogP contribution >= 0.6 is 7.14 Å². The van der Waals surface area contributed by atoms with Gasteiger partial charge in [-0.15, -0.1) is 0 Å². The lowest BCUT2D eigenvalue weighted by atomic mass is 10.2. The third-order valence-electron chi connectivity index (χ3n) is 8.61. The van der Waals surface area contributed by atoms with Gasteiger partial charge >= 0.3 is 0 Å². The van der Waals surface area contributed by atoms with E-state index in [-0.39, 0.29) is 0 Å². The minimum atomic E-state index is -3.56. The summed E-state index contributed by atoms with van der Waals surface area (Å²) in [5.41, 5.74) is 4.79. The van der Waals surface area contributed by atoms with Crippen LogP contribution in [0.25, 0.3) is 55.2 Å². The summed E-state index contributed by atoms with van der Waals surface area (Å²) >= 11 is 0. The second-order valence-electron chi connectivity index (χ2n) is 11.1. The van der Waals surface area contributed by atoms with E-state index in [1.165, 1.54) is 0 Å². The Balaban J connectivity index is 1.28. The number of hydrogen-bond acceptors (Lipinski definition) is 5. The summed E-state index contributed by atoms with van der Waals surface area (Å²) in [4.78, 5) is 19.1. The lowest BCUT2D eigenvalue weighted by molar-refractivity contribution is 0.591. The second kappa shape index (κ2) is 10.3. The Morgan fingerprint density at radius 1 is 0.435 bits per heavy atom. The number of fused-ring (bicyclic) bond motifs is 6. The van der Waals surface area contributed by atoms with Crippen LogP contribution < -0.4 is 16.2 Å². The first-order valence-electron chi connectivity index (χ1n) is 15.0. The first-order valence-corrected chi connectivity index (χ1v) is 16.7. The molecule has 8 heteroatoms. The minimum absolute atomic E-state index is 0.458. The Morgan fingerprint density at radius 2 is 0.891 bits per heavy atom. The molecule has 0 radical (unpaired) electrons. The molecule has 7 nitrogen and oxygen atoms in total. The van der Waals surface area contributed by atoms with E-state index >= 15 is 4.57 Å². The number of para-hydroxylation sites is 2. The Kier molecular flexibility index (Phi) is 5.95. The van der Waals surface area contributed by atoms with Gasteiger partial charge in [0.2, 0.25) is 7.14 Å². The van der Waals surface area contributed by atoms with Crippen molar-refractivity contribution in [2.24, 2.45) is 0 Å². The van der Waals surface area contributed by atoms with E-state index in [0.29, 0.717) is 27.8 Å². The molecule has 6 heterocycles. The Hall–Kier alpha value is -5.91. The SMILES string of the molecule is O=P(c1ccccc1)(c1cccc(-n2c3ccccc3c3ccncc32)n1)c1cccc(-n2c3ccccc3c3ccncc32)n1. The average Bonchev–Trinajstić information content (AvgIpc) is 3.65. The van der Waals surface area contributed by atoms with E-state index in [9.17, 15) is 0 Å². The molecule has 0 saturated heterocycles. The lowest BCUT2D eigenvalue weighted by Gasteiger charge is -2.20. The van der Waals surface area contributed by atoms with Crippen LogP contribution in [0.15, 0.2) is 152 Å². The summed E-state index contributed by atoms with van der Waals surface area (Å²) in [6.45, 7) is 0. The van der Waals surface area contributed by atoms with Crippen molar-refractivity contribution in [3.05, 3.63) is 152 Å². The van der Waals surface area contributed by atoms with Crippen molar-refractivity contribution in [2.45, 2.75) is 0 Å². The molecule has 0 fully saturated rings. The standard InChI is InChI=1S/C38H25N6OP/c45-46(26-10-2-1-3-11-26,37-18-8-16-35(41-37)43-31-14-6-4-12-27(31)29-20-22-39-24-33(29)43)38-19-9-17-36(42-38)44-32-15-7-5-13-28(32)30-21-23-40-25-34(30)44/h1-25H. The van der Waals surface area contributed by atoms with Crippen LogP contribution in [0.4, 0.5) is 0 Å². The van der Waals surface area contributed by atoms with Crippen molar-refractivity contribution in [1.82, 2.24) is 29.1 Å². The van der Waals surface area contributed by atoms with Crippen molar-refractivity contribution in [2.75, 3.05) is 0 Å². The molecule has 6 aromatic heterocycles. The molecule has 0 bridgehead atoms. The smallest absolute Gasteiger partial charge is 0.206 e. The van der Waals surface area contributed by atoms with Gasteiger partial charge in [0.1, 0.15) is 22.5 Å². The topological polar surface area (TPSA) is 78.5 Å². The number of hydrogen-bond donors (Lipinski definition) is 0. The quantitative estimate of drug-likeness (QED) is 0.194. The highest BCUT2D eigenvalue weighted by molar-refractivity contribution is 7.84. The molecule has 0 unspecified atom stereocenters. The number of aromatic nitrogens is 6. The van der Waals surface area contributed by atoms with Gasteiger partial charge in [-0.2, -0.15) is 0 Å². The highest BCUT2D eigenvalue weighted by atomic mass is 31.2. The molecule has 0 aliphatic rings. The molecule has 0 aliphatic carbocycles. The number of benzene rings is 3. The monoisotopic (exact) mass is 612 g/mol. The van der Waals surface area contributed by atoms with Crippen LogP contribution in [0, 0.1) is 0 Å². The summed E-state index contributed by atoms with van der Waals surface area (Å²) in [5, 5.41) is 5.04. The van der Waals surface area contributed by atoms with Crippen molar-refractivity contribution < 1.29 is 4.57 Å². The molecular weight excluding hydrogens is 587 g/mol. The maximum absolute atomic E-state index is 15.7. The first-order chi connectivity index (χ1) is 22.7. The van der Waals surface area contributed by atoms with Crippen molar-refractivity contribution in [1.29, 1.82) is 0 Å². The van der Waals surface area contributed by atoms with Crippen LogP contribution in [-0.2, 0) is 4.57 Å². The van der Waals surface area contributed by atoms with Gasteiger partial charge in [0, 0.05) is 39.2 Å². The second-order valence-corrected chi connectivity index (χ2v) is 13.8. The molecule has 3 aromatic carbocycles. The Morgan fingerprint density at radius 3 is 1.41 bits per heavy atom. The number of rotatable bonds is 5. The third kappa shape index (κ3) is 3.89. The Bertz CT molecular complexity index is 2380. The summed E-state index contributed by atoms with van der Waals surface area (Å²) < 4.78 is 19.9. The third-order valence-corrected chi connectivity index (χ3v) is 11.4. The van der Waals surface area contributed by atoms with Crippen molar-refractivity contribution in [3.8, 4) is 11.6 Å². The molecule has 0 spiro atoms. The van der Waals surface area contributed by atoms with Gasteiger partial charge in [0.05, 0.1) is 34.5 Å². The van der Waals surface area contributed by atoms with E-state index in [2.05, 4.69) is 43.4 Å². The average molecular weight is 613 g/mol. The van der Waals surface area contributed by atoms with Gasteiger partial charge in [-0.1, -0.05) is 78.9 Å². The maximum atomic E-state index is 15.7. The Labute approximate surface area is 263 Å². The van der Waals surface area contributed by atoms with Crippen LogP contribution in [0.1, 0.15) is 0 Å². The van der Waals surface area contributed by atoms with Gasteiger partial charge in [0.25, 0.3) is 0 Å². The van der Waals surface area contributed by atoms with Crippen molar-refractivity contribution in [3.63, 3.8) is 0 Å². The first kappa shape index (κ1) is 26.5. The van der Waals surface area contributed by atoms with Crippen LogP contribution in [-0.4, -0.2) is 29.1 Å². The molecule has 218 valence electrons. The van der Waals surface area contributed by atoms with E-state index in [1.807, 2.05) is 116 Å². The highest BCUT2D eigenvalue weighted by Crippen LogP contribution is 2.42. The molecule has 0 atom stereocenters. The summed E-state index contributed by atoms with van der Waals surface area (Å²) in [7, 11) is -3.56. The molecule has 9 aromatic rings. The number of pyridine rings is 4. The van der Waals surface area contributed by atoms with Crippen LogP contribution in [0.5, 0.6) is 0 Å². The normalized spacial score (nSPS) is 12.0.